The lowest BCUT2D eigenvalue weighted by Gasteiger charge is -2.08. The number of nitrogens with zero attached hydrogens (tertiary/aromatic N) is 3. The van der Waals surface area contributed by atoms with Gasteiger partial charge in [-0.2, -0.15) is 4.98 Å². The van der Waals surface area contributed by atoms with Crippen molar-refractivity contribution in [3.63, 3.8) is 0 Å². The fraction of sp³-hybridized carbons (Fsp3) is 0. The molecule has 3 aromatic heterocycles. The third-order valence-corrected chi connectivity index (χ3v) is 8.44. The van der Waals surface area contributed by atoms with Crippen LogP contribution in [0.25, 0.3) is 83.3 Å². The van der Waals surface area contributed by atoms with Crippen LogP contribution in [0.5, 0.6) is 0 Å². The minimum absolute atomic E-state index is 0.583. The first-order valence-corrected chi connectivity index (χ1v) is 14.8. The highest BCUT2D eigenvalue weighted by Gasteiger charge is 2.21. The van der Waals surface area contributed by atoms with Gasteiger partial charge in [-0.15, -0.1) is 0 Å². The van der Waals surface area contributed by atoms with E-state index in [1.54, 1.807) is 0 Å². The number of hydrogen-bond donors (Lipinski definition) is 0. The lowest BCUT2D eigenvalue weighted by molar-refractivity contribution is 0.654. The normalized spacial score (nSPS) is 11.6. The summed E-state index contributed by atoms with van der Waals surface area (Å²) < 4.78 is 8.91. The Labute approximate surface area is 253 Å². The third-order valence-electron chi connectivity index (χ3n) is 8.44. The van der Waals surface area contributed by atoms with Crippen molar-refractivity contribution in [2.45, 2.75) is 0 Å². The Morgan fingerprint density at radius 1 is 0.455 bits per heavy atom. The maximum Gasteiger partial charge on any atom is 0.231 e. The summed E-state index contributed by atoms with van der Waals surface area (Å²) in [5.41, 5.74) is 9.89. The molecule has 4 heteroatoms. The second-order valence-electron chi connectivity index (χ2n) is 11.0. The number of para-hydroxylation sites is 2. The van der Waals surface area contributed by atoms with E-state index in [1.807, 2.05) is 30.3 Å². The largest absolute Gasteiger partial charge is 0.437 e. The van der Waals surface area contributed by atoms with E-state index < -0.39 is 0 Å². The number of aromatic nitrogens is 3. The molecule has 0 aliphatic rings. The van der Waals surface area contributed by atoms with Crippen LogP contribution in [0.1, 0.15) is 0 Å². The summed E-state index contributed by atoms with van der Waals surface area (Å²) in [5, 5.41) is 4.29. The number of rotatable bonds is 4. The van der Waals surface area contributed by atoms with Crippen LogP contribution < -0.4 is 0 Å². The van der Waals surface area contributed by atoms with Crippen LogP contribution >= 0.6 is 0 Å². The molecule has 44 heavy (non-hydrogen) atoms. The fourth-order valence-electron chi connectivity index (χ4n) is 6.37. The van der Waals surface area contributed by atoms with Crippen molar-refractivity contribution in [3.05, 3.63) is 152 Å². The van der Waals surface area contributed by atoms with Crippen molar-refractivity contribution in [1.29, 1.82) is 0 Å². The van der Waals surface area contributed by atoms with Gasteiger partial charge in [-0.05, 0) is 35.4 Å². The molecule has 0 radical (unpaired) electrons. The summed E-state index contributed by atoms with van der Waals surface area (Å²) in [4.78, 5) is 10.2. The van der Waals surface area contributed by atoms with E-state index in [0.717, 1.165) is 55.5 Å². The summed E-state index contributed by atoms with van der Waals surface area (Å²) in [7, 11) is 0. The van der Waals surface area contributed by atoms with E-state index >= 15 is 0 Å². The Kier molecular flexibility index (Phi) is 5.47. The summed E-state index contributed by atoms with van der Waals surface area (Å²) >= 11 is 0. The molecule has 0 atom stereocenters. The molecule has 0 saturated heterocycles. The molecule has 9 rings (SSSR count). The molecular weight excluding hydrogens is 538 g/mol. The topological polar surface area (TPSA) is 43.9 Å². The van der Waals surface area contributed by atoms with Gasteiger partial charge < -0.3 is 8.98 Å². The summed E-state index contributed by atoms with van der Waals surface area (Å²) in [5.74, 6) is 0.638. The van der Waals surface area contributed by atoms with Crippen LogP contribution in [0, 0.1) is 0 Å². The maximum absolute atomic E-state index is 6.60. The van der Waals surface area contributed by atoms with Crippen molar-refractivity contribution in [3.8, 4) is 39.5 Å². The van der Waals surface area contributed by atoms with Crippen molar-refractivity contribution < 1.29 is 4.42 Å². The highest BCUT2D eigenvalue weighted by molar-refractivity contribution is 6.19. The monoisotopic (exact) mass is 563 g/mol. The Morgan fingerprint density at radius 3 is 1.82 bits per heavy atom. The first-order chi connectivity index (χ1) is 21.8. The Bertz CT molecular complexity index is 2460. The molecule has 6 aromatic carbocycles. The highest BCUT2D eigenvalue weighted by Crippen LogP contribution is 2.41. The molecule has 0 aliphatic carbocycles. The minimum Gasteiger partial charge on any atom is -0.437 e. The first-order valence-electron chi connectivity index (χ1n) is 14.8. The zero-order chi connectivity index (χ0) is 29.0. The second kappa shape index (κ2) is 9.79. The third kappa shape index (κ3) is 3.85. The Hall–Kier alpha value is -6.00. The smallest absolute Gasteiger partial charge is 0.231 e. The van der Waals surface area contributed by atoms with E-state index in [9.17, 15) is 0 Å². The quantitative estimate of drug-likeness (QED) is 0.214. The maximum atomic E-state index is 6.60. The van der Waals surface area contributed by atoms with Crippen molar-refractivity contribution in [1.82, 2.24) is 14.5 Å². The van der Waals surface area contributed by atoms with Gasteiger partial charge in [-0.3, -0.25) is 0 Å². The molecule has 0 N–H and O–H groups in total. The van der Waals surface area contributed by atoms with E-state index in [1.165, 1.54) is 16.3 Å². The standard InChI is InChI=1S/C40H25N3O/c1-4-12-26(13-5-1)27-20-22-29(23-21-27)39-41-38(28-14-6-2-7-15-28)37-33-24-32-31-18-10-11-19-34(31)43(30-16-8-3-9-17-30)35(32)25-36(33)44-40(37)42-39/h1-25H. The van der Waals surface area contributed by atoms with Gasteiger partial charge in [0.2, 0.25) is 5.71 Å². The molecule has 9 aromatic rings. The SMILES string of the molecule is c1ccc(-c2ccc(-c3nc(-c4ccccc4)c4c(n3)oc3cc5c(cc34)c3ccccc3n5-c3ccccc3)cc2)cc1. The molecule has 0 saturated carbocycles. The van der Waals surface area contributed by atoms with Gasteiger partial charge in [0.05, 0.1) is 22.1 Å². The van der Waals surface area contributed by atoms with Crippen molar-refractivity contribution in [2.24, 2.45) is 0 Å². The second-order valence-corrected chi connectivity index (χ2v) is 11.0. The van der Waals surface area contributed by atoms with Gasteiger partial charge in [-0.1, -0.05) is 121 Å². The molecule has 0 aliphatic heterocycles. The summed E-state index contributed by atoms with van der Waals surface area (Å²) in [6.45, 7) is 0. The molecule has 0 bridgehead atoms. The zero-order valence-electron chi connectivity index (χ0n) is 23.7. The van der Waals surface area contributed by atoms with Crippen LogP contribution in [0.4, 0.5) is 0 Å². The molecule has 3 heterocycles. The fourth-order valence-corrected chi connectivity index (χ4v) is 6.37. The molecule has 0 fully saturated rings. The number of furan rings is 1. The predicted octanol–water partition coefficient (Wildman–Crippen LogP) is 10.5. The summed E-state index contributed by atoms with van der Waals surface area (Å²) in [6, 6.07) is 52.6. The molecule has 0 unspecified atom stereocenters. The first kappa shape index (κ1) is 24.6. The van der Waals surface area contributed by atoms with Crippen LogP contribution in [0.15, 0.2) is 156 Å². The Balaban J connectivity index is 1.31. The zero-order valence-corrected chi connectivity index (χ0v) is 23.7. The van der Waals surface area contributed by atoms with Crippen LogP contribution in [0.2, 0.25) is 0 Å². The van der Waals surface area contributed by atoms with Gasteiger partial charge >= 0.3 is 0 Å². The highest BCUT2D eigenvalue weighted by atomic mass is 16.3. The lowest BCUT2D eigenvalue weighted by atomic mass is 10.0. The van der Waals surface area contributed by atoms with Crippen LogP contribution in [0.3, 0.4) is 0 Å². The molecular formula is C40H25N3O. The average Bonchev–Trinajstić information content (AvgIpc) is 3.62. The average molecular weight is 564 g/mol. The van der Waals surface area contributed by atoms with Crippen LogP contribution in [-0.4, -0.2) is 14.5 Å². The van der Waals surface area contributed by atoms with E-state index in [0.29, 0.717) is 11.5 Å². The minimum atomic E-state index is 0.583. The Morgan fingerprint density at radius 2 is 1.07 bits per heavy atom. The van der Waals surface area contributed by atoms with Gasteiger partial charge in [0, 0.05) is 39.0 Å². The van der Waals surface area contributed by atoms with Gasteiger partial charge in [-0.25, -0.2) is 4.98 Å². The number of hydrogen-bond acceptors (Lipinski definition) is 3. The van der Waals surface area contributed by atoms with Gasteiger partial charge in [0.25, 0.3) is 0 Å². The predicted molar refractivity (Wildman–Crippen MR) is 180 cm³/mol. The van der Waals surface area contributed by atoms with E-state index in [-0.39, 0.29) is 0 Å². The molecule has 0 amide bonds. The van der Waals surface area contributed by atoms with Gasteiger partial charge in [0.1, 0.15) is 5.58 Å². The number of benzene rings is 6. The molecule has 4 nitrogen and oxygen atoms in total. The van der Waals surface area contributed by atoms with Crippen LogP contribution in [-0.2, 0) is 0 Å². The van der Waals surface area contributed by atoms with Crippen molar-refractivity contribution >= 4 is 43.9 Å². The summed E-state index contributed by atoms with van der Waals surface area (Å²) in [6.07, 6.45) is 0. The molecule has 206 valence electrons. The van der Waals surface area contributed by atoms with Crippen molar-refractivity contribution in [2.75, 3.05) is 0 Å². The van der Waals surface area contributed by atoms with E-state index in [4.69, 9.17) is 14.4 Å². The lowest BCUT2D eigenvalue weighted by Crippen LogP contribution is -1.94. The number of fused-ring (bicyclic) bond motifs is 6. The molecule has 0 spiro atoms. The van der Waals surface area contributed by atoms with Gasteiger partial charge in [0.15, 0.2) is 5.82 Å². The van der Waals surface area contributed by atoms with E-state index in [2.05, 4.69) is 126 Å².